The summed E-state index contributed by atoms with van der Waals surface area (Å²) in [6.45, 7) is 4.91. The Balaban J connectivity index is 2.09. The highest BCUT2D eigenvalue weighted by Crippen LogP contribution is 2.20. The average Bonchev–Trinajstić information content (AvgIpc) is 2.99. The molecular formula is C15H19N3OS. The molecule has 2 N–H and O–H groups in total. The van der Waals surface area contributed by atoms with Crippen molar-refractivity contribution >= 4 is 22.9 Å². The van der Waals surface area contributed by atoms with E-state index in [0.717, 1.165) is 23.5 Å². The lowest BCUT2D eigenvalue weighted by atomic mass is 10.2. The molecule has 0 aliphatic carbocycles. The number of hydrogen-bond donors (Lipinski definition) is 2. The maximum absolute atomic E-state index is 12.3. The number of hydrogen-bond acceptors (Lipinski definition) is 4. The molecule has 0 aliphatic rings. The summed E-state index contributed by atoms with van der Waals surface area (Å²) < 4.78 is 0. The largest absolute Gasteiger partial charge is 0.384 e. The van der Waals surface area contributed by atoms with E-state index in [-0.39, 0.29) is 11.9 Å². The van der Waals surface area contributed by atoms with E-state index in [9.17, 15) is 4.79 Å². The molecule has 0 saturated carbocycles. The molecule has 2 heterocycles. The van der Waals surface area contributed by atoms with Crippen LogP contribution in [0.5, 0.6) is 0 Å². The standard InChI is InChI=1S/C15H19N3OS/c1-3-7-17-13-6-8-16-10-12(13)15(19)18-11(2)14-5-4-9-20-14/h4-6,8-11H,3,7H2,1-2H3,(H,16,17)(H,18,19). The van der Waals surface area contributed by atoms with Crippen LogP contribution in [0.25, 0.3) is 0 Å². The van der Waals surface area contributed by atoms with Gasteiger partial charge < -0.3 is 10.6 Å². The Morgan fingerprint density at radius 1 is 1.45 bits per heavy atom. The summed E-state index contributed by atoms with van der Waals surface area (Å²) in [6.07, 6.45) is 4.31. The van der Waals surface area contributed by atoms with Gasteiger partial charge in [-0.3, -0.25) is 9.78 Å². The topological polar surface area (TPSA) is 54.0 Å². The molecule has 1 unspecified atom stereocenters. The van der Waals surface area contributed by atoms with E-state index in [2.05, 4.69) is 22.5 Å². The number of rotatable bonds is 6. The van der Waals surface area contributed by atoms with Crippen molar-refractivity contribution in [2.75, 3.05) is 11.9 Å². The van der Waals surface area contributed by atoms with Gasteiger partial charge >= 0.3 is 0 Å². The molecule has 0 bridgehead atoms. The number of thiophene rings is 1. The first-order chi connectivity index (χ1) is 9.72. The van der Waals surface area contributed by atoms with E-state index < -0.39 is 0 Å². The number of aromatic nitrogens is 1. The van der Waals surface area contributed by atoms with Gasteiger partial charge in [-0.15, -0.1) is 11.3 Å². The third kappa shape index (κ3) is 3.57. The van der Waals surface area contributed by atoms with Crippen LogP contribution in [0.3, 0.4) is 0 Å². The monoisotopic (exact) mass is 289 g/mol. The third-order valence-corrected chi connectivity index (χ3v) is 4.00. The van der Waals surface area contributed by atoms with E-state index >= 15 is 0 Å². The summed E-state index contributed by atoms with van der Waals surface area (Å²) in [5.41, 5.74) is 1.42. The predicted molar refractivity (Wildman–Crippen MR) is 83.2 cm³/mol. The maximum Gasteiger partial charge on any atom is 0.255 e. The Kier molecular flexibility index (Phi) is 5.12. The maximum atomic E-state index is 12.3. The summed E-state index contributed by atoms with van der Waals surface area (Å²) in [6, 6.07) is 5.85. The van der Waals surface area contributed by atoms with Crippen LogP contribution in [0, 0.1) is 0 Å². The zero-order valence-corrected chi connectivity index (χ0v) is 12.5. The van der Waals surface area contributed by atoms with Crippen molar-refractivity contribution in [1.82, 2.24) is 10.3 Å². The molecule has 1 amide bonds. The number of pyridine rings is 1. The highest BCUT2D eigenvalue weighted by Gasteiger charge is 2.15. The van der Waals surface area contributed by atoms with E-state index in [0.29, 0.717) is 5.56 Å². The second-order valence-corrected chi connectivity index (χ2v) is 5.54. The minimum Gasteiger partial charge on any atom is -0.384 e. The molecule has 2 rings (SSSR count). The van der Waals surface area contributed by atoms with Gasteiger partial charge in [0.1, 0.15) is 0 Å². The van der Waals surface area contributed by atoms with Gasteiger partial charge in [-0.2, -0.15) is 0 Å². The smallest absolute Gasteiger partial charge is 0.255 e. The number of anilines is 1. The molecule has 2 aromatic rings. The summed E-state index contributed by atoms with van der Waals surface area (Å²) in [5, 5.41) is 8.27. The first-order valence-corrected chi connectivity index (χ1v) is 7.62. The average molecular weight is 289 g/mol. The molecule has 0 spiro atoms. The van der Waals surface area contributed by atoms with Crippen molar-refractivity contribution in [3.8, 4) is 0 Å². The molecule has 5 heteroatoms. The van der Waals surface area contributed by atoms with Crippen LogP contribution in [0.15, 0.2) is 36.0 Å². The van der Waals surface area contributed by atoms with Crippen molar-refractivity contribution in [2.45, 2.75) is 26.3 Å². The lowest BCUT2D eigenvalue weighted by molar-refractivity contribution is 0.0941. The van der Waals surface area contributed by atoms with Crippen LogP contribution >= 0.6 is 11.3 Å². The molecule has 0 aromatic carbocycles. The number of amides is 1. The fourth-order valence-electron chi connectivity index (χ4n) is 1.87. The second-order valence-electron chi connectivity index (χ2n) is 4.56. The predicted octanol–water partition coefficient (Wildman–Crippen LogP) is 3.46. The van der Waals surface area contributed by atoms with E-state index in [4.69, 9.17) is 0 Å². The minimum atomic E-state index is -0.0994. The van der Waals surface area contributed by atoms with Gasteiger partial charge in [0.15, 0.2) is 0 Å². The van der Waals surface area contributed by atoms with Gasteiger partial charge in [0, 0.05) is 23.8 Å². The first-order valence-electron chi connectivity index (χ1n) is 6.74. The Bertz CT molecular complexity index is 554. The zero-order valence-electron chi connectivity index (χ0n) is 11.7. The SMILES string of the molecule is CCCNc1ccncc1C(=O)NC(C)c1cccs1. The van der Waals surface area contributed by atoms with Crippen LogP contribution in [0.2, 0.25) is 0 Å². The fraction of sp³-hybridized carbons (Fsp3) is 0.333. The van der Waals surface area contributed by atoms with E-state index in [1.54, 1.807) is 23.7 Å². The Hall–Kier alpha value is -1.88. The van der Waals surface area contributed by atoms with E-state index in [1.807, 2.05) is 30.5 Å². The van der Waals surface area contributed by atoms with Crippen LogP contribution in [0.4, 0.5) is 5.69 Å². The summed E-state index contributed by atoms with van der Waals surface area (Å²) in [5.74, 6) is -0.0994. The number of carbonyl (C=O) groups is 1. The molecule has 20 heavy (non-hydrogen) atoms. The quantitative estimate of drug-likeness (QED) is 0.856. The summed E-state index contributed by atoms with van der Waals surface area (Å²) in [7, 11) is 0. The van der Waals surface area contributed by atoms with Crippen LogP contribution in [0.1, 0.15) is 41.5 Å². The highest BCUT2D eigenvalue weighted by molar-refractivity contribution is 7.10. The van der Waals surface area contributed by atoms with Crippen molar-refractivity contribution in [3.05, 3.63) is 46.4 Å². The minimum absolute atomic E-state index is 0.00160. The Morgan fingerprint density at radius 2 is 2.30 bits per heavy atom. The molecule has 0 saturated heterocycles. The normalized spacial score (nSPS) is 11.9. The van der Waals surface area contributed by atoms with Crippen molar-refractivity contribution < 1.29 is 4.79 Å². The first kappa shape index (κ1) is 14.5. The van der Waals surface area contributed by atoms with Gasteiger partial charge in [0.25, 0.3) is 5.91 Å². The summed E-state index contributed by atoms with van der Waals surface area (Å²) in [4.78, 5) is 17.5. The van der Waals surface area contributed by atoms with Crippen molar-refractivity contribution in [3.63, 3.8) is 0 Å². The lowest BCUT2D eigenvalue weighted by Gasteiger charge is -2.15. The molecule has 0 radical (unpaired) electrons. The third-order valence-electron chi connectivity index (χ3n) is 2.95. The van der Waals surface area contributed by atoms with Crippen molar-refractivity contribution in [2.24, 2.45) is 0 Å². The molecule has 106 valence electrons. The molecule has 0 fully saturated rings. The molecule has 2 aromatic heterocycles. The Morgan fingerprint density at radius 3 is 3.00 bits per heavy atom. The number of nitrogens with one attached hydrogen (secondary N) is 2. The zero-order chi connectivity index (χ0) is 14.4. The van der Waals surface area contributed by atoms with Crippen LogP contribution in [-0.2, 0) is 0 Å². The van der Waals surface area contributed by atoms with Gasteiger partial charge in [0.2, 0.25) is 0 Å². The van der Waals surface area contributed by atoms with Crippen LogP contribution in [-0.4, -0.2) is 17.4 Å². The van der Waals surface area contributed by atoms with Crippen LogP contribution < -0.4 is 10.6 Å². The van der Waals surface area contributed by atoms with Gasteiger partial charge in [-0.05, 0) is 30.9 Å². The Labute approximate surface area is 123 Å². The number of nitrogens with zero attached hydrogens (tertiary/aromatic N) is 1. The van der Waals surface area contributed by atoms with Gasteiger partial charge in [-0.25, -0.2) is 0 Å². The molecule has 0 aliphatic heterocycles. The van der Waals surface area contributed by atoms with Crippen molar-refractivity contribution in [1.29, 1.82) is 0 Å². The van der Waals surface area contributed by atoms with E-state index in [1.165, 1.54) is 0 Å². The van der Waals surface area contributed by atoms with Gasteiger partial charge in [0.05, 0.1) is 17.3 Å². The number of carbonyl (C=O) groups excluding carboxylic acids is 1. The summed E-state index contributed by atoms with van der Waals surface area (Å²) >= 11 is 1.64. The molecular weight excluding hydrogens is 270 g/mol. The molecule has 1 atom stereocenters. The fourth-order valence-corrected chi connectivity index (χ4v) is 2.61. The lowest BCUT2D eigenvalue weighted by Crippen LogP contribution is -2.27. The van der Waals surface area contributed by atoms with Gasteiger partial charge in [-0.1, -0.05) is 13.0 Å². The molecule has 4 nitrogen and oxygen atoms in total. The second kappa shape index (κ2) is 7.05. The highest BCUT2D eigenvalue weighted by atomic mass is 32.1.